The fourth-order valence-electron chi connectivity index (χ4n) is 2.59. The Balaban J connectivity index is 2.57. The van der Waals surface area contributed by atoms with E-state index in [-0.39, 0.29) is 5.78 Å². The third-order valence-electron chi connectivity index (χ3n) is 3.72. The molecule has 1 aliphatic carbocycles. The van der Waals surface area contributed by atoms with E-state index in [1.165, 1.54) is 6.42 Å². The van der Waals surface area contributed by atoms with E-state index in [0.29, 0.717) is 19.3 Å². The Morgan fingerprint density at radius 2 is 2.06 bits per heavy atom. The zero-order chi connectivity index (χ0) is 12.0. The summed E-state index contributed by atoms with van der Waals surface area (Å²) in [6, 6.07) is 0. The summed E-state index contributed by atoms with van der Waals surface area (Å²) in [7, 11) is 0. The molecular formula is C13H23NO2. The van der Waals surface area contributed by atoms with Crippen LogP contribution in [-0.4, -0.2) is 11.7 Å². The van der Waals surface area contributed by atoms with Crippen LogP contribution < -0.4 is 5.73 Å². The van der Waals surface area contributed by atoms with Gasteiger partial charge in [-0.2, -0.15) is 0 Å². The molecule has 0 aromatic rings. The van der Waals surface area contributed by atoms with Crippen LogP contribution in [0.1, 0.15) is 64.7 Å². The summed E-state index contributed by atoms with van der Waals surface area (Å²) in [6.45, 7) is 2.15. The molecule has 1 unspecified atom stereocenters. The van der Waals surface area contributed by atoms with E-state index in [1.807, 2.05) is 0 Å². The third kappa shape index (κ3) is 2.83. The molecule has 0 bridgehead atoms. The lowest BCUT2D eigenvalue weighted by atomic mass is 9.69. The molecule has 1 atom stereocenters. The number of amides is 1. The van der Waals surface area contributed by atoms with Crippen molar-refractivity contribution in [2.45, 2.75) is 64.7 Å². The van der Waals surface area contributed by atoms with Crippen LogP contribution in [0.25, 0.3) is 0 Å². The number of carbonyl (C=O) groups is 2. The van der Waals surface area contributed by atoms with Gasteiger partial charge in [-0.05, 0) is 19.3 Å². The average molecular weight is 225 g/mol. The topological polar surface area (TPSA) is 60.2 Å². The van der Waals surface area contributed by atoms with E-state index in [0.717, 1.165) is 32.1 Å². The highest BCUT2D eigenvalue weighted by atomic mass is 16.2. The van der Waals surface area contributed by atoms with Crippen molar-refractivity contribution in [2.75, 3.05) is 0 Å². The van der Waals surface area contributed by atoms with Crippen molar-refractivity contribution in [1.82, 2.24) is 0 Å². The minimum atomic E-state index is -0.814. The van der Waals surface area contributed by atoms with Gasteiger partial charge in [-0.25, -0.2) is 0 Å². The molecule has 0 saturated heterocycles. The van der Waals surface area contributed by atoms with E-state index in [2.05, 4.69) is 6.92 Å². The number of carbonyl (C=O) groups excluding carboxylic acids is 2. The van der Waals surface area contributed by atoms with E-state index in [4.69, 9.17) is 5.73 Å². The number of hydrogen-bond donors (Lipinski definition) is 1. The molecule has 3 nitrogen and oxygen atoms in total. The zero-order valence-corrected chi connectivity index (χ0v) is 10.3. The first-order valence-corrected chi connectivity index (χ1v) is 6.46. The van der Waals surface area contributed by atoms with E-state index < -0.39 is 11.3 Å². The molecule has 0 aromatic carbocycles. The molecule has 0 heterocycles. The molecule has 0 spiro atoms. The number of rotatable bonds is 6. The van der Waals surface area contributed by atoms with Gasteiger partial charge in [0.15, 0.2) is 0 Å². The molecule has 3 heteroatoms. The predicted molar refractivity (Wildman–Crippen MR) is 63.9 cm³/mol. The summed E-state index contributed by atoms with van der Waals surface area (Å²) < 4.78 is 0. The molecule has 92 valence electrons. The van der Waals surface area contributed by atoms with Gasteiger partial charge in [-0.15, -0.1) is 0 Å². The third-order valence-corrected chi connectivity index (χ3v) is 3.72. The van der Waals surface area contributed by atoms with Crippen molar-refractivity contribution in [3.05, 3.63) is 0 Å². The Morgan fingerprint density at radius 3 is 2.62 bits per heavy atom. The van der Waals surface area contributed by atoms with Crippen molar-refractivity contribution in [2.24, 2.45) is 11.1 Å². The van der Waals surface area contributed by atoms with Crippen LogP contribution in [0, 0.1) is 5.41 Å². The van der Waals surface area contributed by atoms with Gasteiger partial charge in [0.2, 0.25) is 5.91 Å². The van der Waals surface area contributed by atoms with Crippen LogP contribution in [-0.2, 0) is 9.59 Å². The predicted octanol–water partition coefficient (Wildman–Crippen LogP) is 2.57. The maximum atomic E-state index is 11.9. The highest BCUT2D eigenvalue weighted by Gasteiger charge is 2.44. The fourth-order valence-corrected chi connectivity index (χ4v) is 2.59. The minimum absolute atomic E-state index is 0.0859. The quantitative estimate of drug-likeness (QED) is 0.558. The molecule has 0 aliphatic heterocycles. The summed E-state index contributed by atoms with van der Waals surface area (Å²) in [5, 5.41) is 0. The maximum Gasteiger partial charge on any atom is 0.231 e. The molecule has 1 fully saturated rings. The van der Waals surface area contributed by atoms with Gasteiger partial charge in [0.05, 0.1) is 0 Å². The van der Waals surface area contributed by atoms with E-state index in [1.54, 1.807) is 0 Å². The second kappa shape index (κ2) is 6.02. The Morgan fingerprint density at radius 1 is 1.31 bits per heavy atom. The highest BCUT2D eigenvalue weighted by molar-refractivity contribution is 6.05. The van der Waals surface area contributed by atoms with Crippen molar-refractivity contribution < 1.29 is 9.59 Å². The molecule has 0 aromatic heterocycles. The largest absolute Gasteiger partial charge is 0.369 e. The number of nitrogens with two attached hydrogens (primary N) is 1. The highest BCUT2D eigenvalue weighted by Crippen LogP contribution is 2.37. The summed E-state index contributed by atoms with van der Waals surface area (Å²) >= 11 is 0. The van der Waals surface area contributed by atoms with Crippen LogP contribution in [0.3, 0.4) is 0 Å². The van der Waals surface area contributed by atoms with Gasteiger partial charge in [0.25, 0.3) is 0 Å². The van der Waals surface area contributed by atoms with Crippen molar-refractivity contribution in [3.8, 4) is 0 Å². The Kier molecular flexibility index (Phi) is 4.97. The van der Waals surface area contributed by atoms with Crippen molar-refractivity contribution in [3.63, 3.8) is 0 Å². The van der Waals surface area contributed by atoms with Crippen molar-refractivity contribution in [1.29, 1.82) is 0 Å². The van der Waals surface area contributed by atoms with Crippen LogP contribution in [0.5, 0.6) is 0 Å². The second-order valence-corrected chi connectivity index (χ2v) is 4.89. The van der Waals surface area contributed by atoms with E-state index >= 15 is 0 Å². The molecule has 0 radical (unpaired) electrons. The average Bonchev–Trinajstić information content (AvgIpc) is 2.26. The monoisotopic (exact) mass is 225 g/mol. The molecule has 1 rings (SSSR count). The molecule has 2 N–H and O–H groups in total. The smallest absolute Gasteiger partial charge is 0.231 e. The summed E-state index contributed by atoms with van der Waals surface area (Å²) in [5.74, 6) is -0.309. The Hall–Kier alpha value is -0.860. The fraction of sp³-hybridized carbons (Fsp3) is 0.846. The molecular weight excluding hydrogens is 202 g/mol. The van der Waals surface area contributed by atoms with Gasteiger partial charge in [-0.3, -0.25) is 9.59 Å². The van der Waals surface area contributed by atoms with Crippen LogP contribution in [0.15, 0.2) is 0 Å². The number of ketones is 1. The number of Topliss-reactive ketones (excluding diaryl/α,β-unsaturated/α-hetero) is 1. The Labute approximate surface area is 97.8 Å². The van der Waals surface area contributed by atoms with E-state index in [9.17, 15) is 9.59 Å². The van der Waals surface area contributed by atoms with Gasteiger partial charge < -0.3 is 5.73 Å². The van der Waals surface area contributed by atoms with Crippen LogP contribution in [0.4, 0.5) is 0 Å². The minimum Gasteiger partial charge on any atom is -0.369 e. The first kappa shape index (κ1) is 13.2. The van der Waals surface area contributed by atoms with Crippen LogP contribution in [0.2, 0.25) is 0 Å². The molecule has 16 heavy (non-hydrogen) atoms. The van der Waals surface area contributed by atoms with Gasteiger partial charge in [0.1, 0.15) is 11.2 Å². The summed E-state index contributed by atoms with van der Waals surface area (Å²) in [4.78, 5) is 23.5. The van der Waals surface area contributed by atoms with Gasteiger partial charge >= 0.3 is 0 Å². The Bertz CT molecular complexity index is 263. The van der Waals surface area contributed by atoms with Gasteiger partial charge in [0, 0.05) is 6.42 Å². The van der Waals surface area contributed by atoms with Gasteiger partial charge in [-0.1, -0.05) is 39.0 Å². The molecule has 1 aliphatic rings. The maximum absolute atomic E-state index is 11.9. The lowest BCUT2D eigenvalue weighted by Gasteiger charge is -2.32. The lowest BCUT2D eigenvalue weighted by molar-refractivity contribution is -0.143. The standard InChI is InChI=1S/C13H23NO2/c1-2-3-4-6-9-13(12(14)16)10-7-5-8-11(13)15/h2-10H2,1H3,(H2,14,16). The first-order valence-electron chi connectivity index (χ1n) is 6.46. The molecule has 1 saturated carbocycles. The second-order valence-electron chi connectivity index (χ2n) is 4.89. The van der Waals surface area contributed by atoms with Crippen LogP contribution >= 0.6 is 0 Å². The number of primary amides is 1. The zero-order valence-electron chi connectivity index (χ0n) is 10.3. The SMILES string of the molecule is CCCCCCC1(C(N)=O)CCCCC1=O. The summed E-state index contributed by atoms with van der Waals surface area (Å²) in [6.07, 6.45) is 8.14. The number of unbranched alkanes of at least 4 members (excludes halogenated alkanes) is 3. The summed E-state index contributed by atoms with van der Waals surface area (Å²) in [5.41, 5.74) is 4.63. The lowest BCUT2D eigenvalue weighted by Crippen LogP contribution is -2.45. The number of hydrogen-bond acceptors (Lipinski definition) is 2. The first-order chi connectivity index (χ1) is 7.63. The molecule has 1 amide bonds. The van der Waals surface area contributed by atoms with Crippen molar-refractivity contribution >= 4 is 11.7 Å². The normalized spacial score (nSPS) is 25.7.